The van der Waals surface area contributed by atoms with E-state index in [1.165, 1.54) is 30.3 Å². The Hall–Kier alpha value is -2.85. The maximum absolute atomic E-state index is 11.5. The molecule has 2 aromatic rings. The molecule has 1 aromatic heterocycles. The van der Waals surface area contributed by atoms with E-state index in [0.29, 0.717) is 0 Å². The number of aromatic nitrogens is 1. The molecule has 1 amide bonds. The lowest BCUT2D eigenvalue weighted by Gasteiger charge is -2.08. The van der Waals surface area contributed by atoms with E-state index in [-0.39, 0.29) is 47.6 Å². The Bertz CT molecular complexity index is 869. The van der Waals surface area contributed by atoms with Crippen LogP contribution in [0.4, 0.5) is 23.0 Å². The monoisotopic (exact) mass is 380 g/mol. The number of anilines is 2. The number of carbonyl (C=O) groups is 1. The van der Waals surface area contributed by atoms with Gasteiger partial charge in [-0.2, -0.15) is 0 Å². The quantitative estimate of drug-likeness (QED) is 0.355. The second-order valence-corrected chi connectivity index (χ2v) is 6.10. The van der Waals surface area contributed by atoms with E-state index >= 15 is 0 Å². The first-order valence-corrected chi connectivity index (χ1v) is 8.84. The van der Waals surface area contributed by atoms with Gasteiger partial charge in [-0.3, -0.25) is 14.6 Å². The molecule has 0 saturated carbocycles. The molecule has 0 spiro atoms. The van der Waals surface area contributed by atoms with Crippen molar-refractivity contribution >= 4 is 36.7 Å². The van der Waals surface area contributed by atoms with E-state index in [9.17, 15) is 9.36 Å². The van der Waals surface area contributed by atoms with Crippen molar-refractivity contribution in [3.8, 4) is 5.75 Å². The normalized spacial score (nSPS) is 11.5. The van der Waals surface area contributed by atoms with E-state index in [2.05, 4.69) is 25.1 Å². The third-order valence-electron chi connectivity index (χ3n) is 2.89. The molecule has 1 heterocycles. The molecule has 0 aliphatic rings. The summed E-state index contributed by atoms with van der Waals surface area (Å²) < 4.78 is 15.5. The Labute approximate surface area is 148 Å². The van der Waals surface area contributed by atoms with Crippen molar-refractivity contribution in [2.75, 3.05) is 17.6 Å². The number of nitrogen functional groups attached to an aromatic ring is 1. The summed E-state index contributed by atoms with van der Waals surface area (Å²) in [5.41, 5.74) is 11.4. The maximum atomic E-state index is 11.5. The molecule has 0 bridgehead atoms. The summed E-state index contributed by atoms with van der Waals surface area (Å²) in [5.74, 6) is -0.183. The Morgan fingerprint density at radius 1 is 1.19 bits per heavy atom. The molecular formula is C14H17N6O5P. The number of azo groups is 1. The molecule has 12 heteroatoms. The van der Waals surface area contributed by atoms with Crippen molar-refractivity contribution in [1.82, 2.24) is 4.98 Å². The highest BCUT2D eigenvalue weighted by atomic mass is 31.2. The summed E-state index contributed by atoms with van der Waals surface area (Å²) in [5, 5.41) is 10.3. The summed E-state index contributed by atoms with van der Waals surface area (Å²) in [6.45, 7) is 0.212. The number of carbonyl (C=O) groups excluding carboxylic acids is 1. The van der Waals surface area contributed by atoms with Crippen LogP contribution in [0.25, 0.3) is 0 Å². The zero-order valence-corrected chi connectivity index (χ0v) is 14.3. The van der Waals surface area contributed by atoms with E-state index < -0.39 is 7.82 Å². The van der Waals surface area contributed by atoms with Gasteiger partial charge in [-0.1, -0.05) is 12.1 Å². The third-order valence-corrected chi connectivity index (χ3v) is 3.32. The van der Waals surface area contributed by atoms with Crippen LogP contribution in [-0.2, 0) is 9.36 Å². The minimum absolute atomic E-state index is 0.00712. The molecule has 26 heavy (non-hydrogen) atoms. The topological polar surface area (TPSA) is 186 Å². The number of rotatable bonds is 7. The van der Waals surface area contributed by atoms with E-state index in [4.69, 9.17) is 21.3 Å². The SMILES string of the molecule is NCCC(=O)Nc1ccc(N=Nc2ccccc2OP(=O)(O)O)c(N)n1. The first-order chi connectivity index (χ1) is 12.3. The molecule has 0 aliphatic heterocycles. The molecule has 0 saturated heterocycles. The number of nitrogens with one attached hydrogen (secondary N) is 1. The van der Waals surface area contributed by atoms with Gasteiger partial charge in [0.25, 0.3) is 0 Å². The van der Waals surface area contributed by atoms with Crippen LogP contribution in [0.1, 0.15) is 6.42 Å². The molecule has 0 aliphatic carbocycles. The van der Waals surface area contributed by atoms with Crippen LogP contribution < -0.4 is 21.3 Å². The predicted molar refractivity (Wildman–Crippen MR) is 94.2 cm³/mol. The van der Waals surface area contributed by atoms with Gasteiger partial charge in [-0.15, -0.1) is 10.2 Å². The van der Waals surface area contributed by atoms with Crippen molar-refractivity contribution in [3.63, 3.8) is 0 Å². The number of pyridine rings is 1. The summed E-state index contributed by atoms with van der Waals surface area (Å²) in [4.78, 5) is 33.3. The van der Waals surface area contributed by atoms with Crippen molar-refractivity contribution in [2.45, 2.75) is 6.42 Å². The van der Waals surface area contributed by atoms with Gasteiger partial charge < -0.3 is 21.3 Å². The van der Waals surface area contributed by atoms with E-state index in [1.807, 2.05) is 0 Å². The van der Waals surface area contributed by atoms with E-state index in [0.717, 1.165) is 0 Å². The number of phosphoric ester groups is 1. The minimum Gasteiger partial charge on any atom is -0.402 e. The van der Waals surface area contributed by atoms with Gasteiger partial charge in [-0.05, 0) is 24.3 Å². The van der Waals surface area contributed by atoms with Gasteiger partial charge >= 0.3 is 7.82 Å². The molecule has 138 valence electrons. The molecule has 11 nitrogen and oxygen atoms in total. The second kappa shape index (κ2) is 8.50. The van der Waals surface area contributed by atoms with Gasteiger partial charge in [0.15, 0.2) is 11.6 Å². The molecule has 7 N–H and O–H groups in total. The van der Waals surface area contributed by atoms with Crippen LogP contribution in [0.5, 0.6) is 5.75 Å². The number of para-hydroxylation sites is 1. The molecule has 1 aromatic carbocycles. The lowest BCUT2D eigenvalue weighted by Crippen LogP contribution is -2.17. The number of hydrogen-bond donors (Lipinski definition) is 5. The maximum Gasteiger partial charge on any atom is 0.524 e. The standard InChI is InChI=1S/C14H17N6O5P/c15-8-7-13(21)17-12-6-5-10(14(16)18-12)20-19-9-3-1-2-4-11(9)25-26(22,23)24/h1-6H,7-8,15H2,(H2,22,23,24)(H3,16,17,18,21). The van der Waals surface area contributed by atoms with Gasteiger partial charge in [0.2, 0.25) is 5.91 Å². The van der Waals surface area contributed by atoms with E-state index in [1.54, 1.807) is 6.07 Å². The van der Waals surface area contributed by atoms with Gasteiger partial charge in [-0.25, -0.2) is 9.55 Å². The average molecular weight is 380 g/mol. The number of benzene rings is 1. The molecule has 0 fully saturated rings. The number of phosphoric acid groups is 1. The highest BCUT2D eigenvalue weighted by molar-refractivity contribution is 7.46. The van der Waals surface area contributed by atoms with Crippen LogP contribution in [0, 0.1) is 0 Å². The highest BCUT2D eigenvalue weighted by Gasteiger charge is 2.18. The molecule has 0 unspecified atom stereocenters. The predicted octanol–water partition coefficient (Wildman–Crippen LogP) is 1.84. The lowest BCUT2D eigenvalue weighted by atomic mass is 10.3. The van der Waals surface area contributed by atoms with Gasteiger partial charge in [0.05, 0.1) is 0 Å². The lowest BCUT2D eigenvalue weighted by molar-refractivity contribution is -0.116. The van der Waals surface area contributed by atoms with Gasteiger partial charge in [0.1, 0.15) is 17.2 Å². The largest absolute Gasteiger partial charge is 0.524 e. The molecule has 0 radical (unpaired) electrons. The Kier molecular flexibility index (Phi) is 6.36. The number of amides is 1. The van der Waals surface area contributed by atoms with Crippen LogP contribution in [0.3, 0.4) is 0 Å². The molecular weight excluding hydrogens is 363 g/mol. The van der Waals surface area contributed by atoms with Crippen LogP contribution in [-0.4, -0.2) is 27.2 Å². The van der Waals surface area contributed by atoms with Crippen LogP contribution in [0.15, 0.2) is 46.6 Å². The second-order valence-electron chi connectivity index (χ2n) is 4.94. The Balaban J connectivity index is 2.19. The average Bonchev–Trinajstić information content (AvgIpc) is 2.54. The van der Waals surface area contributed by atoms with Crippen molar-refractivity contribution < 1.29 is 23.7 Å². The Morgan fingerprint density at radius 2 is 1.88 bits per heavy atom. The summed E-state index contributed by atoms with van der Waals surface area (Å²) >= 11 is 0. The van der Waals surface area contributed by atoms with Crippen LogP contribution >= 0.6 is 7.82 Å². The first kappa shape index (κ1) is 19.5. The van der Waals surface area contributed by atoms with Crippen molar-refractivity contribution in [2.24, 2.45) is 16.0 Å². The number of hydrogen-bond acceptors (Lipinski definition) is 8. The van der Waals surface area contributed by atoms with Crippen LogP contribution in [0.2, 0.25) is 0 Å². The van der Waals surface area contributed by atoms with Gasteiger partial charge in [0, 0.05) is 13.0 Å². The number of nitrogens with zero attached hydrogens (tertiary/aromatic N) is 3. The fraction of sp³-hybridized carbons (Fsp3) is 0.143. The zero-order chi connectivity index (χ0) is 19.2. The fourth-order valence-electron chi connectivity index (χ4n) is 1.81. The minimum atomic E-state index is -4.73. The Morgan fingerprint density at radius 3 is 2.54 bits per heavy atom. The first-order valence-electron chi connectivity index (χ1n) is 7.31. The van der Waals surface area contributed by atoms with Crippen molar-refractivity contribution in [3.05, 3.63) is 36.4 Å². The van der Waals surface area contributed by atoms with Crippen molar-refractivity contribution in [1.29, 1.82) is 0 Å². The summed E-state index contributed by atoms with van der Waals surface area (Å²) in [6, 6.07) is 8.88. The molecule has 2 rings (SSSR count). The zero-order valence-electron chi connectivity index (χ0n) is 13.4. The number of nitrogens with two attached hydrogens (primary N) is 2. The summed E-state index contributed by atoms with van der Waals surface area (Å²) in [6.07, 6.45) is 0.152. The highest BCUT2D eigenvalue weighted by Crippen LogP contribution is 2.42. The molecule has 0 atom stereocenters. The summed E-state index contributed by atoms with van der Waals surface area (Å²) in [7, 11) is -4.73. The fourth-order valence-corrected chi connectivity index (χ4v) is 2.22. The smallest absolute Gasteiger partial charge is 0.402 e. The third kappa shape index (κ3) is 5.90.